The predicted octanol–water partition coefficient (Wildman–Crippen LogP) is 4.22. The van der Waals surface area contributed by atoms with Crippen molar-refractivity contribution in [3.8, 4) is 5.69 Å². The van der Waals surface area contributed by atoms with E-state index in [9.17, 15) is 18.0 Å². The molecule has 4 aromatic rings. The first-order chi connectivity index (χ1) is 16.6. The number of hydrogen-bond acceptors (Lipinski definition) is 4. The number of carbonyl (C=O) groups excluding carboxylic acids is 1. The van der Waals surface area contributed by atoms with Crippen molar-refractivity contribution in [1.29, 1.82) is 0 Å². The van der Waals surface area contributed by atoms with E-state index in [2.05, 4.69) is 4.72 Å². The lowest BCUT2D eigenvalue weighted by atomic mass is 10.2. The van der Waals surface area contributed by atoms with Gasteiger partial charge in [-0.15, -0.1) is 0 Å². The molecule has 0 unspecified atom stereocenters. The Morgan fingerprint density at radius 3 is 2.20 bits per heavy atom. The second-order valence-corrected chi connectivity index (χ2v) is 9.94. The van der Waals surface area contributed by atoms with Gasteiger partial charge in [-0.3, -0.25) is 19.0 Å². The zero-order valence-corrected chi connectivity index (χ0v) is 20.8. The summed E-state index contributed by atoms with van der Waals surface area (Å²) in [5.41, 5.74) is 1.14. The Hall–Kier alpha value is -3.82. The fourth-order valence-corrected chi connectivity index (χ4v) is 5.32. The Kier molecular flexibility index (Phi) is 6.56. The molecular weight excluding hydrogens is 488 g/mol. The summed E-state index contributed by atoms with van der Waals surface area (Å²) in [5, 5.41) is -0.0756. The molecule has 0 radical (unpaired) electrons. The third-order valence-electron chi connectivity index (χ3n) is 5.71. The van der Waals surface area contributed by atoms with Gasteiger partial charge in [-0.25, -0.2) is 13.1 Å². The molecule has 1 aromatic heterocycles. The van der Waals surface area contributed by atoms with E-state index >= 15 is 0 Å². The van der Waals surface area contributed by atoms with Gasteiger partial charge in [0, 0.05) is 25.3 Å². The van der Waals surface area contributed by atoms with Gasteiger partial charge in [-0.05, 0) is 49.4 Å². The van der Waals surface area contributed by atoms with E-state index < -0.39 is 21.5 Å². The molecule has 0 aliphatic rings. The molecule has 10 heteroatoms. The highest BCUT2D eigenvalue weighted by Gasteiger charge is 2.26. The Morgan fingerprint density at radius 1 is 0.971 bits per heavy atom. The normalized spacial score (nSPS) is 11.3. The Balaban J connectivity index is 1.71. The zero-order chi connectivity index (χ0) is 25.3. The molecule has 3 aromatic carbocycles. The molecule has 0 aliphatic heterocycles. The van der Waals surface area contributed by atoms with E-state index in [0.29, 0.717) is 17.1 Å². The lowest BCUT2D eigenvalue weighted by molar-refractivity contribution is 0.0993. The number of halogens is 1. The van der Waals surface area contributed by atoms with Crippen LogP contribution >= 0.6 is 11.6 Å². The Bertz CT molecular complexity index is 1560. The molecule has 1 N–H and O–H groups in total. The summed E-state index contributed by atoms with van der Waals surface area (Å²) in [6.07, 6.45) is 0. The van der Waals surface area contributed by atoms with Crippen molar-refractivity contribution in [3.63, 3.8) is 0 Å². The number of sulfonamides is 1. The van der Waals surface area contributed by atoms with Crippen molar-refractivity contribution in [2.45, 2.75) is 11.8 Å². The molecule has 0 saturated carbocycles. The second-order valence-electron chi connectivity index (χ2n) is 7.89. The predicted molar refractivity (Wildman–Crippen MR) is 137 cm³/mol. The van der Waals surface area contributed by atoms with Crippen LogP contribution in [0.3, 0.4) is 0 Å². The maximum atomic E-state index is 13.3. The van der Waals surface area contributed by atoms with Crippen LogP contribution < -0.4 is 15.2 Å². The summed E-state index contributed by atoms with van der Waals surface area (Å²) in [6.45, 7) is 1.63. The van der Waals surface area contributed by atoms with Crippen molar-refractivity contribution in [2.75, 3.05) is 16.7 Å². The molecule has 8 nitrogen and oxygen atoms in total. The van der Waals surface area contributed by atoms with Gasteiger partial charge in [-0.2, -0.15) is 0 Å². The highest BCUT2D eigenvalue weighted by atomic mass is 35.5. The standard InChI is InChI=1S/C25H23ClN4O4S/c1-17-23(25(32)30(29(17)3)20-12-8-5-9-13-20)27-35(33,34)22-16-18(14-15-21(22)26)24(31)28(2)19-10-6-4-7-11-19/h4-16,27H,1-3H3. The van der Waals surface area contributed by atoms with Gasteiger partial charge in [0.2, 0.25) is 0 Å². The largest absolute Gasteiger partial charge is 0.311 e. The second kappa shape index (κ2) is 9.44. The monoisotopic (exact) mass is 510 g/mol. The third kappa shape index (κ3) is 4.60. The minimum atomic E-state index is -4.30. The number of hydrogen-bond donors (Lipinski definition) is 1. The molecule has 0 fully saturated rings. The number of nitrogens with one attached hydrogen (secondary N) is 1. The first-order valence-electron chi connectivity index (χ1n) is 10.6. The average Bonchev–Trinajstić information content (AvgIpc) is 3.07. The number of amides is 1. The van der Waals surface area contributed by atoms with Crippen LogP contribution in [0, 0.1) is 6.92 Å². The zero-order valence-electron chi connectivity index (χ0n) is 19.3. The first-order valence-corrected chi connectivity index (χ1v) is 12.5. The first kappa shape index (κ1) is 24.3. The van der Waals surface area contributed by atoms with Crippen LogP contribution in [-0.2, 0) is 17.1 Å². The number of carbonyl (C=O) groups is 1. The Labute approximate surface area is 208 Å². The molecular formula is C25H23ClN4O4S. The lowest BCUT2D eigenvalue weighted by Gasteiger charge is -2.18. The van der Waals surface area contributed by atoms with E-state index in [-0.39, 0.29) is 21.2 Å². The molecule has 0 aliphatic carbocycles. The molecule has 4 rings (SSSR count). The quantitative estimate of drug-likeness (QED) is 0.420. The molecule has 1 heterocycles. The highest BCUT2D eigenvalue weighted by Crippen LogP contribution is 2.27. The SMILES string of the molecule is Cc1c(NS(=O)(=O)c2cc(C(=O)N(C)c3ccccc3)ccc2Cl)c(=O)n(-c2ccccc2)n1C. The molecule has 0 bridgehead atoms. The molecule has 0 atom stereocenters. The van der Waals surface area contributed by atoms with Gasteiger partial charge in [0.1, 0.15) is 10.6 Å². The van der Waals surface area contributed by atoms with Gasteiger partial charge in [-0.1, -0.05) is 48.0 Å². The number of rotatable bonds is 6. The summed E-state index contributed by atoms with van der Waals surface area (Å²) in [5.74, 6) is -0.411. The summed E-state index contributed by atoms with van der Waals surface area (Å²) in [7, 11) is -1.05. The fourth-order valence-electron chi connectivity index (χ4n) is 3.68. The minimum Gasteiger partial charge on any atom is -0.311 e. The van der Waals surface area contributed by atoms with Crippen LogP contribution in [0.15, 0.2) is 88.6 Å². The molecule has 1 amide bonds. The topological polar surface area (TPSA) is 93.4 Å². The number of aromatic nitrogens is 2. The maximum absolute atomic E-state index is 13.3. The lowest BCUT2D eigenvalue weighted by Crippen LogP contribution is -2.27. The van der Waals surface area contributed by atoms with Gasteiger partial charge in [0.05, 0.1) is 16.4 Å². The van der Waals surface area contributed by atoms with Crippen LogP contribution in [0.1, 0.15) is 16.1 Å². The van der Waals surface area contributed by atoms with E-state index in [1.54, 1.807) is 74.2 Å². The van der Waals surface area contributed by atoms with E-state index in [4.69, 9.17) is 11.6 Å². The summed E-state index contributed by atoms with van der Waals surface area (Å²) >= 11 is 6.23. The van der Waals surface area contributed by atoms with E-state index in [1.807, 2.05) is 12.1 Å². The molecule has 35 heavy (non-hydrogen) atoms. The summed E-state index contributed by atoms with van der Waals surface area (Å²) in [4.78, 5) is 27.3. The number of benzene rings is 3. The molecule has 0 saturated heterocycles. The Morgan fingerprint density at radius 2 is 1.57 bits per heavy atom. The van der Waals surface area contributed by atoms with Crippen LogP contribution in [0.25, 0.3) is 5.69 Å². The number of para-hydroxylation sites is 2. The molecule has 180 valence electrons. The van der Waals surface area contributed by atoms with Crippen LogP contribution in [0.4, 0.5) is 11.4 Å². The number of nitrogens with zero attached hydrogens (tertiary/aromatic N) is 3. The van der Waals surface area contributed by atoms with E-state index in [1.165, 1.54) is 27.8 Å². The van der Waals surface area contributed by atoms with E-state index in [0.717, 1.165) is 0 Å². The molecule has 0 spiro atoms. The van der Waals surface area contributed by atoms with Crippen molar-refractivity contribution >= 4 is 38.9 Å². The van der Waals surface area contributed by atoms with Gasteiger partial charge in [0.15, 0.2) is 0 Å². The maximum Gasteiger partial charge on any atom is 0.296 e. The van der Waals surface area contributed by atoms with Crippen molar-refractivity contribution in [1.82, 2.24) is 9.36 Å². The van der Waals surface area contributed by atoms with Gasteiger partial charge in [0.25, 0.3) is 21.5 Å². The van der Waals surface area contributed by atoms with Gasteiger partial charge >= 0.3 is 0 Å². The van der Waals surface area contributed by atoms with Crippen molar-refractivity contribution in [2.24, 2.45) is 7.05 Å². The minimum absolute atomic E-state index is 0.0756. The highest BCUT2D eigenvalue weighted by molar-refractivity contribution is 7.92. The third-order valence-corrected chi connectivity index (χ3v) is 7.54. The van der Waals surface area contributed by atoms with Crippen LogP contribution in [0.5, 0.6) is 0 Å². The average molecular weight is 511 g/mol. The fraction of sp³-hybridized carbons (Fsp3) is 0.120. The van der Waals surface area contributed by atoms with Crippen LogP contribution in [-0.4, -0.2) is 30.7 Å². The van der Waals surface area contributed by atoms with Gasteiger partial charge < -0.3 is 4.90 Å². The summed E-state index contributed by atoms with van der Waals surface area (Å²) in [6, 6.07) is 21.8. The number of anilines is 2. The smallest absolute Gasteiger partial charge is 0.296 e. The van der Waals surface area contributed by atoms with Crippen molar-refractivity contribution < 1.29 is 13.2 Å². The van der Waals surface area contributed by atoms with Crippen LogP contribution in [0.2, 0.25) is 5.02 Å². The summed E-state index contributed by atoms with van der Waals surface area (Å²) < 4.78 is 31.9. The van der Waals surface area contributed by atoms with Crippen molar-refractivity contribution in [3.05, 3.63) is 105 Å².